The Morgan fingerprint density at radius 1 is 1.21 bits per heavy atom. The summed E-state index contributed by atoms with van der Waals surface area (Å²) in [4.78, 5) is 0.329. The van der Waals surface area contributed by atoms with Crippen molar-refractivity contribution in [2.75, 3.05) is 6.54 Å². The van der Waals surface area contributed by atoms with E-state index in [0.717, 1.165) is 12.1 Å². The minimum Gasteiger partial charge on any atom is -0.313 e. The van der Waals surface area contributed by atoms with Gasteiger partial charge in [0.1, 0.15) is 0 Å². The van der Waals surface area contributed by atoms with Gasteiger partial charge in [-0.2, -0.15) is 0 Å². The lowest BCUT2D eigenvalue weighted by Gasteiger charge is -2.17. The number of benzene rings is 1. The SMILES string of the molecule is CCNCc1cccc(S(=O)(=O)NC(C)C(C)C)c1. The normalized spacial score (nSPS) is 13.7. The summed E-state index contributed by atoms with van der Waals surface area (Å²) in [6, 6.07) is 6.97. The summed E-state index contributed by atoms with van der Waals surface area (Å²) < 4.78 is 27.2. The molecule has 0 spiro atoms. The molecule has 0 fully saturated rings. The summed E-state index contributed by atoms with van der Waals surface area (Å²) in [7, 11) is -3.43. The molecule has 1 rings (SSSR count). The Kier molecular flexibility index (Phi) is 5.97. The molecule has 0 aliphatic heterocycles. The van der Waals surface area contributed by atoms with E-state index in [1.54, 1.807) is 18.2 Å². The van der Waals surface area contributed by atoms with Crippen LogP contribution in [0.15, 0.2) is 29.2 Å². The van der Waals surface area contributed by atoms with Crippen LogP contribution in [-0.2, 0) is 16.6 Å². The summed E-state index contributed by atoms with van der Waals surface area (Å²) in [5, 5.41) is 3.19. The van der Waals surface area contributed by atoms with E-state index >= 15 is 0 Å². The average molecular weight is 284 g/mol. The van der Waals surface area contributed by atoms with Gasteiger partial charge >= 0.3 is 0 Å². The standard InChI is InChI=1S/C14H24N2O2S/c1-5-15-10-13-7-6-8-14(9-13)19(17,18)16-12(4)11(2)3/h6-9,11-12,15-16H,5,10H2,1-4H3. The van der Waals surface area contributed by atoms with Crippen molar-refractivity contribution in [1.82, 2.24) is 10.0 Å². The minimum absolute atomic E-state index is 0.0811. The Bertz CT molecular complexity index is 498. The molecule has 0 aromatic heterocycles. The van der Waals surface area contributed by atoms with Crippen molar-refractivity contribution in [2.45, 2.75) is 45.2 Å². The molecule has 0 saturated carbocycles. The van der Waals surface area contributed by atoms with Crippen LogP contribution in [0.1, 0.15) is 33.3 Å². The van der Waals surface area contributed by atoms with Crippen LogP contribution in [0.5, 0.6) is 0 Å². The van der Waals surface area contributed by atoms with Gasteiger partial charge in [0, 0.05) is 12.6 Å². The van der Waals surface area contributed by atoms with Crippen LogP contribution in [0.4, 0.5) is 0 Å². The van der Waals surface area contributed by atoms with Crippen molar-refractivity contribution in [3.63, 3.8) is 0 Å². The first-order chi connectivity index (χ1) is 8.86. The molecule has 4 nitrogen and oxygen atoms in total. The van der Waals surface area contributed by atoms with Gasteiger partial charge in [0.15, 0.2) is 0 Å². The van der Waals surface area contributed by atoms with Gasteiger partial charge in [-0.15, -0.1) is 0 Å². The molecule has 2 N–H and O–H groups in total. The maximum absolute atomic E-state index is 12.2. The summed E-state index contributed by atoms with van der Waals surface area (Å²) in [6.07, 6.45) is 0. The van der Waals surface area contributed by atoms with Crippen molar-refractivity contribution in [1.29, 1.82) is 0 Å². The second-order valence-electron chi connectivity index (χ2n) is 5.08. The second kappa shape index (κ2) is 7.03. The Morgan fingerprint density at radius 2 is 1.89 bits per heavy atom. The Morgan fingerprint density at radius 3 is 2.47 bits per heavy atom. The van der Waals surface area contributed by atoms with Crippen LogP contribution < -0.4 is 10.0 Å². The summed E-state index contributed by atoms with van der Waals surface area (Å²) in [5.74, 6) is 0.264. The van der Waals surface area contributed by atoms with Crippen molar-refractivity contribution in [2.24, 2.45) is 5.92 Å². The van der Waals surface area contributed by atoms with Gasteiger partial charge in [0.05, 0.1) is 4.90 Å². The molecule has 108 valence electrons. The smallest absolute Gasteiger partial charge is 0.240 e. The fourth-order valence-electron chi connectivity index (χ4n) is 1.54. The van der Waals surface area contributed by atoms with Crippen LogP contribution >= 0.6 is 0 Å². The molecule has 1 aromatic rings. The van der Waals surface area contributed by atoms with E-state index in [0.29, 0.717) is 11.4 Å². The summed E-state index contributed by atoms with van der Waals surface area (Å²) in [5.41, 5.74) is 0.974. The van der Waals surface area contributed by atoms with Crippen LogP contribution in [0.25, 0.3) is 0 Å². The Balaban J connectivity index is 2.89. The zero-order valence-electron chi connectivity index (χ0n) is 12.1. The van der Waals surface area contributed by atoms with Crippen LogP contribution in [0.3, 0.4) is 0 Å². The van der Waals surface area contributed by atoms with Crippen LogP contribution in [0, 0.1) is 5.92 Å². The van der Waals surface area contributed by atoms with E-state index in [4.69, 9.17) is 0 Å². The van der Waals surface area contributed by atoms with Crippen LogP contribution in [-0.4, -0.2) is 21.0 Å². The third kappa shape index (κ3) is 4.93. The highest BCUT2D eigenvalue weighted by molar-refractivity contribution is 7.89. The molecule has 5 heteroatoms. The highest BCUT2D eigenvalue weighted by atomic mass is 32.2. The molecule has 0 amide bonds. The monoisotopic (exact) mass is 284 g/mol. The average Bonchev–Trinajstić information content (AvgIpc) is 2.36. The van der Waals surface area contributed by atoms with Crippen molar-refractivity contribution in [3.8, 4) is 0 Å². The zero-order chi connectivity index (χ0) is 14.5. The molecule has 1 aromatic carbocycles. The molecule has 1 unspecified atom stereocenters. The maximum Gasteiger partial charge on any atom is 0.240 e. The number of hydrogen-bond acceptors (Lipinski definition) is 3. The number of hydrogen-bond donors (Lipinski definition) is 2. The molecule has 0 aliphatic rings. The lowest BCUT2D eigenvalue weighted by atomic mass is 10.1. The molecule has 19 heavy (non-hydrogen) atoms. The first-order valence-electron chi connectivity index (χ1n) is 6.68. The summed E-state index contributed by atoms with van der Waals surface area (Å²) >= 11 is 0. The minimum atomic E-state index is -3.43. The first-order valence-corrected chi connectivity index (χ1v) is 8.17. The third-order valence-corrected chi connectivity index (χ3v) is 4.69. The summed E-state index contributed by atoms with van der Waals surface area (Å²) in [6.45, 7) is 9.43. The van der Waals surface area contributed by atoms with Crippen LogP contribution in [0.2, 0.25) is 0 Å². The number of rotatable bonds is 7. The molecular weight excluding hydrogens is 260 g/mol. The van der Waals surface area contributed by atoms with Gasteiger partial charge in [0.2, 0.25) is 10.0 Å². The number of nitrogens with one attached hydrogen (secondary N) is 2. The quantitative estimate of drug-likeness (QED) is 0.806. The fourth-order valence-corrected chi connectivity index (χ4v) is 3.00. The largest absolute Gasteiger partial charge is 0.313 e. The van der Waals surface area contributed by atoms with Gasteiger partial charge in [-0.3, -0.25) is 0 Å². The lowest BCUT2D eigenvalue weighted by Crippen LogP contribution is -2.36. The fraction of sp³-hybridized carbons (Fsp3) is 0.571. The lowest BCUT2D eigenvalue weighted by molar-refractivity contribution is 0.476. The van der Waals surface area contributed by atoms with Gasteiger partial charge < -0.3 is 5.32 Å². The molecule has 0 saturated heterocycles. The van der Waals surface area contributed by atoms with E-state index in [1.165, 1.54) is 0 Å². The zero-order valence-corrected chi connectivity index (χ0v) is 12.9. The highest BCUT2D eigenvalue weighted by Gasteiger charge is 2.19. The van der Waals surface area contributed by atoms with E-state index in [-0.39, 0.29) is 12.0 Å². The van der Waals surface area contributed by atoms with Gasteiger partial charge in [-0.1, -0.05) is 32.9 Å². The number of sulfonamides is 1. The molecule has 0 radical (unpaired) electrons. The predicted molar refractivity (Wildman–Crippen MR) is 78.4 cm³/mol. The van der Waals surface area contributed by atoms with Crippen molar-refractivity contribution in [3.05, 3.63) is 29.8 Å². The predicted octanol–water partition coefficient (Wildman–Crippen LogP) is 2.12. The van der Waals surface area contributed by atoms with E-state index < -0.39 is 10.0 Å². The van der Waals surface area contributed by atoms with Crippen molar-refractivity contribution < 1.29 is 8.42 Å². The Hall–Kier alpha value is -0.910. The second-order valence-corrected chi connectivity index (χ2v) is 6.80. The Labute approximate surface area is 116 Å². The topological polar surface area (TPSA) is 58.2 Å². The first kappa shape index (κ1) is 16.1. The molecule has 1 atom stereocenters. The molecule has 0 bridgehead atoms. The van der Waals surface area contributed by atoms with E-state index in [9.17, 15) is 8.42 Å². The van der Waals surface area contributed by atoms with Gasteiger partial charge in [-0.25, -0.2) is 13.1 Å². The third-order valence-electron chi connectivity index (χ3n) is 3.13. The van der Waals surface area contributed by atoms with Gasteiger partial charge in [0.25, 0.3) is 0 Å². The van der Waals surface area contributed by atoms with Crippen molar-refractivity contribution >= 4 is 10.0 Å². The molecule has 0 heterocycles. The van der Waals surface area contributed by atoms with Gasteiger partial charge in [-0.05, 0) is 37.1 Å². The van der Waals surface area contributed by atoms with E-state index in [2.05, 4.69) is 10.0 Å². The maximum atomic E-state index is 12.2. The molecule has 0 aliphatic carbocycles. The van der Waals surface area contributed by atoms with E-state index in [1.807, 2.05) is 33.8 Å². The highest BCUT2D eigenvalue weighted by Crippen LogP contribution is 2.13. The molecular formula is C14H24N2O2S.